The average molecular weight is 407 g/mol. The molecule has 0 spiro atoms. The van der Waals surface area contributed by atoms with Crippen LogP contribution in [0.1, 0.15) is 43.2 Å². The van der Waals surface area contributed by atoms with Crippen molar-refractivity contribution in [1.29, 1.82) is 0 Å². The van der Waals surface area contributed by atoms with Gasteiger partial charge in [0.2, 0.25) is 5.95 Å². The molecular formula is C18H23BrN4O2. The van der Waals surface area contributed by atoms with Gasteiger partial charge in [-0.15, -0.1) is 0 Å². The molecule has 1 aromatic heterocycles. The van der Waals surface area contributed by atoms with Gasteiger partial charge < -0.3 is 20.9 Å². The first-order valence-corrected chi connectivity index (χ1v) is 9.26. The molecule has 0 unspecified atom stereocenters. The average Bonchev–Trinajstić information content (AvgIpc) is 2.60. The normalized spacial score (nSPS) is 15.1. The van der Waals surface area contributed by atoms with Gasteiger partial charge >= 0.3 is 0 Å². The summed E-state index contributed by atoms with van der Waals surface area (Å²) in [6.45, 7) is 0. The summed E-state index contributed by atoms with van der Waals surface area (Å²) in [5, 5.41) is 0. The van der Waals surface area contributed by atoms with E-state index in [0.717, 1.165) is 39.9 Å². The number of hydrogen-bond donors (Lipinski definition) is 2. The Labute approximate surface area is 156 Å². The summed E-state index contributed by atoms with van der Waals surface area (Å²) in [6, 6.07) is 3.94. The molecule has 1 aromatic carbocycles. The predicted octanol–water partition coefficient (Wildman–Crippen LogP) is 3.71. The van der Waals surface area contributed by atoms with Crippen molar-refractivity contribution in [2.45, 2.75) is 44.6 Å². The van der Waals surface area contributed by atoms with Gasteiger partial charge in [-0.1, -0.05) is 22.4 Å². The maximum atomic E-state index is 6.18. The number of rotatable bonds is 5. The van der Waals surface area contributed by atoms with E-state index in [1.807, 2.05) is 12.1 Å². The lowest BCUT2D eigenvalue weighted by atomic mass is 9.98. The van der Waals surface area contributed by atoms with E-state index in [1.54, 1.807) is 13.3 Å². The van der Waals surface area contributed by atoms with E-state index in [4.69, 9.17) is 20.9 Å². The van der Waals surface area contributed by atoms with Crippen molar-refractivity contribution in [2.75, 3.05) is 18.6 Å². The molecule has 1 fully saturated rings. The lowest BCUT2D eigenvalue weighted by Gasteiger charge is -2.24. The molecule has 1 aliphatic rings. The number of ether oxygens (including phenoxy) is 2. The fourth-order valence-corrected chi connectivity index (χ4v) is 3.57. The van der Waals surface area contributed by atoms with Gasteiger partial charge in [0.25, 0.3) is 0 Å². The summed E-state index contributed by atoms with van der Waals surface area (Å²) in [4.78, 5) is 8.03. The van der Waals surface area contributed by atoms with Crippen molar-refractivity contribution >= 4 is 27.7 Å². The van der Waals surface area contributed by atoms with Crippen LogP contribution in [0, 0.1) is 0 Å². The third-order valence-corrected chi connectivity index (χ3v) is 5.21. The number of benzene rings is 1. The first kappa shape index (κ1) is 17.8. The Morgan fingerprint density at radius 1 is 1.12 bits per heavy atom. The summed E-state index contributed by atoms with van der Waals surface area (Å²) in [5.41, 5.74) is 13.3. The van der Waals surface area contributed by atoms with Gasteiger partial charge in [0.05, 0.1) is 13.2 Å². The standard InChI is InChI=1S/C18H23BrN4O2/c1-24-15-8-11(7-12-10-22-18(21)23-17(12)20)14(19)9-16(15)25-13-5-3-2-4-6-13/h8-10,13H,2-7H2,1H3,(H4,20,21,22,23). The van der Waals surface area contributed by atoms with Crippen molar-refractivity contribution in [3.8, 4) is 11.5 Å². The molecule has 3 rings (SSSR count). The van der Waals surface area contributed by atoms with Crippen LogP contribution in [0.2, 0.25) is 0 Å². The highest BCUT2D eigenvalue weighted by atomic mass is 79.9. The molecule has 134 valence electrons. The maximum Gasteiger partial charge on any atom is 0.221 e. The van der Waals surface area contributed by atoms with Crippen molar-refractivity contribution in [1.82, 2.24) is 9.97 Å². The quantitative estimate of drug-likeness (QED) is 0.785. The van der Waals surface area contributed by atoms with Gasteiger partial charge in [0, 0.05) is 22.7 Å². The minimum Gasteiger partial charge on any atom is -0.493 e. The highest BCUT2D eigenvalue weighted by molar-refractivity contribution is 9.10. The van der Waals surface area contributed by atoms with Gasteiger partial charge in [-0.05, 0) is 43.4 Å². The number of nitrogens with zero attached hydrogens (tertiary/aromatic N) is 2. The van der Waals surface area contributed by atoms with Gasteiger partial charge in [-0.2, -0.15) is 4.98 Å². The summed E-state index contributed by atoms with van der Waals surface area (Å²) in [7, 11) is 1.65. The van der Waals surface area contributed by atoms with Crippen LogP contribution >= 0.6 is 15.9 Å². The highest BCUT2D eigenvalue weighted by Gasteiger charge is 2.19. The van der Waals surface area contributed by atoms with Crippen molar-refractivity contribution in [2.24, 2.45) is 0 Å². The number of halogens is 1. The molecule has 6 nitrogen and oxygen atoms in total. The fraction of sp³-hybridized carbons (Fsp3) is 0.444. The number of hydrogen-bond acceptors (Lipinski definition) is 6. The van der Waals surface area contributed by atoms with Crippen LogP contribution in [0.25, 0.3) is 0 Å². The number of aromatic nitrogens is 2. The Balaban J connectivity index is 1.83. The second-order valence-electron chi connectivity index (χ2n) is 6.29. The zero-order valence-electron chi connectivity index (χ0n) is 14.3. The van der Waals surface area contributed by atoms with E-state index in [2.05, 4.69) is 25.9 Å². The highest BCUT2D eigenvalue weighted by Crippen LogP contribution is 2.37. The molecule has 1 aliphatic carbocycles. The van der Waals surface area contributed by atoms with Gasteiger partial charge in [-0.3, -0.25) is 0 Å². The summed E-state index contributed by atoms with van der Waals surface area (Å²) < 4.78 is 12.7. The fourth-order valence-electron chi connectivity index (χ4n) is 3.10. The third-order valence-electron chi connectivity index (χ3n) is 4.48. The number of methoxy groups -OCH3 is 1. The number of anilines is 2. The molecule has 0 aliphatic heterocycles. The van der Waals surface area contributed by atoms with E-state index < -0.39 is 0 Å². The second-order valence-corrected chi connectivity index (χ2v) is 7.14. The molecule has 0 bridgehead atoms. The minimum atomic E-state index is 0.175. The lowest BCUT2D eigenvalue weighted by molar-refractivity contribution is 0.149. The van der Waals surface area contributed by atoms with Crippen LogP contribution in [0.3, 0.4) is 0 Å². The Bertz CT molecular complexity index is 748. The molecule has 25 heavy (non-hydrogen) atoms. The molecule has 7 heteroatoms. The molecular weight excluding hydrogens is 384 g/mol. The predicted molar refractivity (Wildman–Crippen MR) is 102 cm³/mol. The number of nitrogen functional groups attached to an aromatic ring is 2. The van der Waals surface area contributed by atoms with Crippen LogP contribution < -0.4 is 20.9 Å². The Kier molecular flexibility index (Phi) is 5.63. The van der Waals surface area contributed by atoms with E-state index in [0.29, 0.717) is 12.2 Å². The van der Waals surface area contributed by atoms with Gasteiger partial charge in [-0.25, -0.2) is 4.98 Å². The van der Waals surface area contributed by atoms with E-state index >= 15 is 0 Å². The molecule has 1 heterocycles. The summed E-state index contributed by atoms with van der Waals surface area (Å²) in [5.74, 6) is 2.06. The summed E-state index contributed by atoms with van der Waals surface area (Å²) >= 11 is 3.63. The first-order chi connectivity index (χ1) is 12.1. The van der Waals surface area contributed by atoms with E-state index in [1.165, 1.54) is 19.3 Å². The van der Waals surface area contributed by atoms with Crippen LogP contribution in [-0.2, 0) is 6.42 Å². The molecule has 0 amide bonds. The van der Waals surface area contributed by atoms with E-state index in [9.17, 15) is 0 Å². The lowest BCUT2D eigenvalue weighted by Crippen LogP contribution is -2.20. The largest absolute Gasteiger partial charge is 0.493 e. The van der Waals surface area contributed by atoms with Gasteiger partial charge in [0.15, 0.2) is 11.5 Å². The molecule has 0 saturated heterocycles. The molecule has 1 saturated carbocycles. The smallest absolute Gasteiger partial charge is 0.221 e. The monoisotopic (exact) mass is 406 g/mol. The molecule has 0 radical (unpaired) electrons. The minimum absolute atomic E-state index is 0.175. The topological polar surface area (TPSA) is 96.3 Å². The first-order valence-electron chi connectivity index (χ1n) is 8.46. The third kappa shape index (κ3) is 4.34. The van der Waals surface area contributed by atoms with Crippen LogP contribution in [0.4, 0.5) is 11.8 Å². The van der Waals surface area contributed by atoms with Crippen molar-refractivity contribution < 1.29 is 9.47 Å². The SMILES string of the molecule is COc1cc(Cc2cnc(N)nc2N)c(Br)cc1OC1CCCCC1. The second kappa shape index (κ2) is 7.91. The molecule has 4 N–H and O–H groups in total. The van der Waals surface area contributed by atoms with Crippen LogP contribution in [0.5, 0.6) is 11.5 Å². The van der Waals surface area contributed by atoms with Crippen LogP contribution in [-0.4, -0.2) is 23.2 Å². The Hall–Kier alpha value is -2.02. The summed E-state index contributed by atoms with van der Waals surface area (Å²) in [6.07, 6.45) is 8.44. The van der Waals surface area contributed by atoms with Crippen molar-refractivity contribution in [3.63, 3.8) is 0 Å². The number of nitrogens with two attached hydrogens (primary N) is 2. The maximum absolute atomic E-state index is 6.18. The Morgan fingerprint density at radius 3 is 2.56 bits per heavy atom. The van der Waals surface area contributed by atoms with E-state index in [-0.39, 0.29) is 12.1 Å². The Morgan fingerprint density at radius 2 is 1.88 bits per heavy atom. The van der Waals surface area contributed by atoms with Gasteiger partial charge in [0.1, 0.15) is 5.82 Å². The van der Waals surface area contributed by atoms with Crippen LogP contribution in [0.15, 0.2) is 22.8 Å². The molecule has 0 atom stereocenters. The van der Waals surface area contributed by atoms with Crippen molar-refractivity contribution in [3.05, 3.63) is 33.9 Å². The zero-order chi connectivity index (χ0) is 17.8. The molecule has 2 aromatic rings. The zero-order valence-corrected chi connectivity index (χ0v) is 15.9.